The van der Waals surface area contributed by atoms with Gasteiger partial charge in [0.2, 0.25) is 0 Å². The molecule has 0 atom stereocenters. The van der Waals surface area contributed by atoms with Gasteiger partial charge in [-0.1, -0.05) is 18.7 Å². The fourth-order valence-electron chi connectivity index (χ4n) is 1.46. The number of rotatable bonds is 5. The van der Waals surface area contributed by atoms with Gasteiger partial charge in [-0.2, -0.15) is 0 Å². The average Bonchev–Trinajstić information content (AvgIpc) is 2.40. The van der Waals surface area contributed by atoms with Gasteiger partial charge in [0, 0.05) is 18.1 Å². The highest BCUT2D eigenvalue weighted by molar-refractivity contribution is 7.99. The minimum atomic E-state index is -0.140. The van der Waals surface area contributed by atoms with Crippen LogP contribution in [0.2, 0.25) is 0 Å². The summed E-state index contributed by atoms with van der Waals surface area (Å²) in [7, 11) is 0. The van der Waals surface area contributed by atoms with E-state index in [1.165, 1.54) is 17.3 Å². The van der Waals surface area contributed by atoms with Crippen LogP contribution in [-0.4, -0.2) is 25.9 Å². The lowest BCUT2D eigenvalue weighted by atomic mass is 10.2. The molecule has 0 aromatic carbocycles. The van der Waals surface area contributed by atoms with Crippen LogP contribution < -0.4 is 5.56 Å². The van der Waals surface area contributed by atoms with E-state index in [0.717, 1.165) is 12.2 Å². The van der Waals surface area contributed by atoms with Crippen LogP contribution in [0.15, 0.2) is 34.5 Å². The molecule has 2 rings (SSSR count). The Morgan fingerprint density at radius 1 is 1.28 bits per heavy atom. The fourth-order valence-corrected chi connectivity index (χ4v) is 2.25. The smallest absolute Gasteiger partial charge is 0.273 e. The van der Waals surface area contributed by atoms with Crippen molar-refractivity contribution < 1.29 is 0 Å². The van der Waals surface area contributed by atoms with Crippen LogP contribution >= 0.6 is 11.8 Å². The quantitative estimate of drug-likeness (QED) is 0.826. The zero-order valence-electron chi connectivity index (χ0n) is 10.1. The van der Waals surface area contributed by atoms with Crippen LogP contribution in [0.1, 0.15) is 18.2 Å². The van der Waals surface area contributed by atoms with E-state index in [9.17, 15) is 4.79 Å². The van der Waals surface area contributed by atoms with Gasteiger partial charge >= 0.3 is 0 Å². The van der Waals surface area contributed by atoms with Gasteiger partial charge in [0.05, 0.1) is 0 Å². The number of hydrogen-bond donors (Lipinski definition) is 1. The summed E-state index contributed by atoms with van der Waals surface area (Å²) >= 11 is 1.50. The maximum absolute atomic E-state index is 11.5. The minimum absolute atomic E-state index is 0.140. The van der Waals surface area contributed by atoms with Crippen LogP contribution in [-0.2, 0) is 12.8 Å². The molecule has 0 aliphatic rings. The van der Waals surface area contributed by atoms with E-state index in [4.69, 9.17) is 0 Å². The lowest BCUT2D eigenvalue weighted by Crippen LogP contribution is -2.16. The standard InChI is InChI=1S/C12H14N4OS/c1-2-10-11(17)14-12(16-15-10)18-8-5-9-3-6-13-7-4-9/h3-4,6-7H,2,5,8H2,1H3,(H,14,16,17). The number of nitrogens with zero attached hydrogens (tertiary/aromatic N) is 3. The van der Waals surface area contributed by atoms with Crippen molar-refractivity contribution >= 4 is 11.8 Å². The van der Waals surface area contributed by atoms with Crippen LogP contribution in [0, 0.1) is 0 Å². The molecule has 0 aliphatic carbocycles. The second-order valence-corrected chi connectivity index (χ2v) is 4.80. The molecule has 0 spiro atoms. The lowest BCUT2D eigenvalue weighted by Gasteiger charge is -2.01. The van der Waals surface area contributed by atoms with Gasteiger partial charge in [0.1, 0.15) is 5.69 Å². The van der Waals surface area contributed by atoms with Gasteiger partial charge in [-0.15, -0.1) is 10.2 Å². The van der Waals surface area contributed by atoms with E-state index in [2.05, 4.69) is 20.2 Å². The second kappa shape index (κ2) is 6.30. The van der Waals surface area contributed by atoms with Crippen molar-refractivity contribution in [3.8, 4) is 0 Å². The molecule has 2 heterocycles. The number of pyridine rings is 1. The van der Waals surface area contributed by atoms with Crippen molar-refractivity contribution in [2.24, 2.45) is 0 Å². The molecule has 0 saturated heterocycles. The normalized spacial score (nSPS) is 10.5. The highest BCUT2D eigenvalue weighted by Crippen LogP contribution is 2.12. The Hall–Kier alpha value is -1.69. The first-order valence-corrected chi connectivity index (χ1v) is 6.75. The van der Waals surface area contributed by atoms with Gasteiger partial charge in [-0.25, -0.2) is 0 Å². The molecule has 0 amide bonds. The van der Waals surface area contributed by atoms with E-state index < -0.39 is 0 Å². The largest absolute Gasteiger partial charge is 0.298 e. The third kappa shape index (κ3) is 3.40. The van der Waals surface area contributed by atoms with Crippen molar-refractivity contribution in [2.75, 3.05) is 5.75 Å². The van der Waals surface area contributed by atoms with E-state index in [-0.39, 0.29) is 5.56 Å². The first kappa shape index (κ1) is 12.8. The molecule has 94 valence electrons. The first-order chi connectivity index (χ1) is 8.79. The molecule has 0 fully saturated rings. The number of aryl methyl sites for hydroxylation is 2. The lowest BCUT2D eigenvalue weighted by molar-refractivity contribution is 0.765. The van der Waals surface area contributed by atoms with E-state index in [1.807, 2.05) is 19.1 Å². The highest BCUT2D eigenvalue weighted by Gasteiger charge is 2.03. The van der Waals surface area contributed by atoms with Crippen LogP contribution in [0.5, 0.6) is 0 Å². The van der Waals surface area contributed by atoms with Crippen LogP contribution in [0.4, 0.5) is 0 Å². The summed E-state index contributed by atoms with van der Waals surface area (Å²) in [6.45, 7) is 1.88. The number of hydrogen-bond acceptors (Lipinski definition) is 5. The summed E-state index contributed by atoms with van der Waals surface area (Å²) in [5.74, 6) is 0.847. The fraction of sp³-hybridized carbons (Fsp3) is 0.333. The zero-order valence-corrected chi connectivity index (χ0v) is 10.9. The van der Waals surface area contributed by atoms with Crippen molar-refractivity contribution in [3.63, 3.8) is 0 Å². The van der Waals surface area contributed by atoms with E-state index in [0.29, 0.717) is 17.3 Å². The summed E-state index contributed by atoms with van der Waals surface area (Å²) < 4.78 is 0. The molecular formula is C12H14N4OS. The Bertz CT molecular complexity index is 556. The number of nitrogens with one attached hydrogen (secondary N) is 1. The molecule has 0 saturated carbocycles. The SMILES string of the molecule is CCc1nnc(SCCc2ccncc2)[nH]c1=O. The Labute approximate surface area is 109 Å². The van der Waals surface area contributed by atoms with Crippen LogP contribution in [0.25, 0.3) is 0 Å². The molecule has 0 aliphatic heterocycles. The molecule has 5 nitrogen and oxygen atoms in total. The molecule has 2 aromatic rings. The van der Waals surface area contributed by atoms with Gasteiger partial charge in [0.25, 0.3) is 5.56 Å². The van der Waals surface area contributed by atoms with Crippen LogP contribution in [0.3, 0.4) is 0 Å². The summed E-state index contributed by atoms with van der Waals surface area (Å²) in [5, 5.41) is 8.46. The summed E-state index contributed by atoms with van der Waals surface area (Å²) in [6.07, 6.45) is 5.06. The number of thioether (sulfide) groups is 1. The molecule has 2 aromatic heterocycles. The summed E-state index contributed by atoms with van der Waals surface area (Å²) in [4.78, 5) is 18.2. The summed E-state index contributed by atoms with van der Waals surface area (Å²) in [6, 6.07) is 3.96. The van der Waals surface area contributed by atoms with Crippen molar-refractivity contribution in [2.45, 2.75) is 24.9 Å². The van der Waals surface area contributed by atoms with Crippen molar-refractivity contribution in [1.29, 1.82) is 0 Å². The Kier molecular flexibility index (Phi) is 4.46. The maximum Gasteiger partial charge on any atom is 0.273 e. The number of H-pyrrole nitrogens is 1. The molecule has 0 unspecified atom stereocenters. The third-order valence-electron chi connectivity index (χ3n) is 2.46. The zero-order chi connectivity index (χ0) is 12.8. The number of aromatic amines is 1. The van der Waals surface area contributed by atoms with E-state index in [1.54, 1.807) is 12.4 Å². The topological polar surface area (TPSA) is 71.5 Å². The Morgan fingerprint density at radius 2 is 2.06 bits per heavy atom. The van der Waals surface area contributed by atoms with Gasteiger partial charge < -0.3 is 0 Å². The predicted molar refractivity (Wildman–Crippen MR) is 70.7 cm³/mol. The maximum atomic E-state index is 11.5. The molecule has 6 heteroatoms. The first-order valence-electron chi connectivity index (χ1n) is 5.77. The highest BCUT2D eigenvalue weighted by atomic mass is 32.2. The van der Waals surface area contributed by atoms with E-state index >= 15 is 0 Å². The molecular weight excluding hydrogens is 248 g/mol. The molecule has 0 radical (unpaired) electrons. The van der Waals surface area contributed by atoms with Gasteiger partial charge in [-0.05, 0) is 30.5 Å². The molecule has 18 heavy (non-hydrogen) atoms. The average molecular weight is 262 g/mol. The van der Waals surface area contributed by atoms with Crippen molar-refractivity contribution in [1.82, 2.24) is 20.2 Å². The Balaban J connectivity index is 1.91. The van der Waals surface area contributed by atoms with Gasteiger partial charge in [0.15, 0.2) is 5.16 Å². The molecule has 0 bridgehead atoms. The predicted octanol–water partition coefficient (Wildman–Crippen LogP) is 1.46. The third-order valence-corrected chi connectivity index (χ3v) is 3.32. The summed E-state index contributed by atoms with van der Waals surface area (Å²) in [5.41, 5.74) is 1.56. The van der Waals surface area contributed by atoms with Crippen molar-refractivity contribution in [3.05, 3.63) is 46.1 Å². The van der Waals surface area contributed by atoms with Gasteiger partial charge in [-0.3, -0.25) is 14.8 Å². The number of aromatic nitrogens is 4. The minimum Gasteiger partial charge on any atom is -0.298 e. The Morgan fingerprint density at radius 3 is 2.72 bits per heavy atom. The monoisotopic (exact) mass is 262 g/mol. The molecule has 1 N–H and O–H groups in total. The second-order valence-electron chi connectivity index (χ2n) is 3.71.